The number of ether oxygens (including phenoxy) is 2. The smallest absolute Gasteiger partial charge is 0.193 e. The fourth-order valence-electron chi connectivity index (χ4n) is 3.87. The summed E-state index contributed by atoms with van der Waals surface area (Å²) >= 11 is 12.0. The quantitative estimate of drug-likeness (QED) is 0.342. The van der Waals surface area contributed by atoms with E-state index in [2.05, 4.69) is 10.6 Å². The van der Waals surface area contributed by atoms with Crippen molar-refractivity contribution in [2.24, 2.45) is 0 Å². The van der Waals surface area contributed by atoms with Gasteiger partial charge in [-0.1, -0.05) is 72.3 Å². The average Bonchev–Trinajstić information content (AvgIpc) is 2.85. The third-order valence-corrected chi connectivity index (χ3v) is 5.72. The van der Waals surface area contributed by atoms with Gasteiger partial charge in [0.05, 0.1) is 31.0 Å². The fraction of sp³-hybridized carbons (Fsp3) is 0.154. The Kier molecular flexibility index (Phi) is 6.96. The van der Waals surface area contributed by atoms with Gasteiger partial charge in [-0.25, -0.2) is 0 Å². The van der Waals surface area contributed by atoms with E-state index < -0.39 is 6.04 Å². The summed E-state index contributed by atoms with van der Waals surface area (Å²) in [7, 11) is 1.56. The molecule has 4 rings (SSSR count). The number of nitrogens with one attached hydrogen (secondary N) is 2. The summed E-state index contributed by atoms with van der Waals surface area (Å²) in [5, 5.41) is 7.32. The van der Waals surface area contributed by atoms with Crippen LogP contribution in [0.1, 0.15) is 34.5 Å². The molecule has 168 valence electrons. The maximum atomic E-state index is 13.9. The van der Waals surface area contributed by atoms with Crippen molar-refractivity contribution in [1.29, 1.82) is 0 Å². The molecule has 7 heteroatoms. The predicted octanol–water partition coefficient (Wildman–Crippen LogP) is 5.56. The van der Waals surface area contributed by atoms with Crippen molar-refractivity contribution < 1.29 is 14.3 Å². The zero-order valence-corrected chi connectivity index (χ0v) is 19.8. The molecular formula is C26H23ClN2O3S. The number of carbonyl (C=O) groups excluding carboxylic acids is 1. The third kappa shape index (κ3) is 4.72. The van der Waals surface area contributed by atoms with Crippen LogP contribution in [-0.2, 0) is 0 Å². The van der Waals surface area contributed by atoms with Gasteiger partial charge in [-0.3, -0.25) is 4.79 Å². The Morgan fingerprint density at radius 2 is 1.73 bits per heavy atom. The number of thiocarbonyl (C=S) groups is 1. The molecule has 0 fully saturated rings. The van der Waals surface area contributed by atoms with Crippen molar-refractivity contribution in [3.8, 4) is 11.5 Å². The van der Waals surface area contributed by atoms with Crippen molar-refractivity contribution in [2.45, 2.75) is 13.0 Å². The number of methoxy groups -OCH3 is 1. The van der Waals surface area contributed by atoms with E-state index in [1.807, 2.05) is 55.5 Å². The lowest BCUT2D eigenvalue weighted by molar-refractivity contribution is 0.102. The largest absolute Gasteiger partial charge is 0.493 e. The van der Waals surface area contributed by atoms with Crippen LogP contribution in [0.5, 0.6) is 11.5 Å². The lowest BCUT2D eigenvalue weighted by atomic mass is 9.87. The molecule has 3 aromatic carbocycles. The SMILES string of the molecule is CCOc1c(OC)cc(Cl)cc1[C@@H]1NC(=S)NC(c2ccccc2)=C1C(=O)c1ccccc1. The van der Waals surface area contributed by atoms with E-state index in [4.69, 9.17) is 33.3 Å². The van der Waals surface area contributed by atoms with Crippen molar-refractivity contribution in [3.05, 3.63) is 100 Å². The maximum Gasteiger partial charge on any atom is 0.193 e. The molecule has 1 atom stereocenters. The molecule has 0 bridgehead atoms. The zero-order chi connectivity index (χ0) is 23.4. The van der Waals surface area contributed by atoms with Crippen LogP contribution < -0.4 is 20.1 Å². The molecule has 0 saturated heterocycles. The van der Waals surface area contributed by atoms with Crippen LogP contribution in [0, 0.1) is 0 Å². The normalized spacial score (nSPS) is 15.5. The van der Waals surface area contributed by atoms with Crippen molar-refractivity contribution in [2.75, 3.05) is 13.7 Å². The van der Waals surface area contributed by atoms with Gasteiger partial charge in [0.25, 0.3) is 0 Å². The lowest BCUT2D eigenvalue weighted by Crippen LogP contribution is -2.45. The second-order valence-electron chi connectivity index (χ2n) is 7.34. The standard InChI is InChI=1S/C26H23ClN2O3S/c1-3-32-25-19(14-18(27)15-20(25)31-2)23-21(24(30)17-12-8-5-9-13-17)22(28-26(33)29-23)16-10-6-4-7-11-16/h4-15,23H,3H2,1-2H3,(H2,28,29,33)/t23-/m0/s1. The number of ketones is 1. The first-order valence-electron chi connectivity index (χ1n) is 10.5. The molecule has 0 aliphatic carbocycles. The summed E-state index contributed by atoms with van der Waals surface area (Å²) < 4.78 is 11.5. The van der Waals surface area contributed by atoms with Gasteiger partial charge in [0.1, 0.15) is 0 Å². The number of hydrogen-bond donors (Lipinski definition) is 2. The Bertz CT molecular complexity index is 1210. The van der Waals surface area contributed by atoms with Crippen molar-refractivity contribution in [3.63, 3.8) is 0 Å². The first-order valence-corrected chi connectivity index (χ1v) is 11.3. The van der Waals surface area contributed by atoms with Gasteiger partial charge in [-0.15, -0.1) is 0 Å². The molecule has 1 aliphatic rings. The molecule has 33 heavy (non-hydrogen) atoms. The number of Topliss-reactive ketones (excluding diaryl/α,β-unsaturated/α-hetero) is 1. The zero-order valence-electron chi connectivity index (χ0n) is 18.2. The molecule has 0 amide bonds. The van der Waals surface area contributed by atoms with Crippen molar-refractivity contribution in [1.82, 2.24) is 10.6 Å². The van der Waals surface area contributed by atoms with E-state index in [0.29, 0.717) is 50.6 Å². The minimum Gasteiger partial charge on any atom is -0.493 e. The van der Waals surface area contributed by atoms with Gasteiger partial charge in [0.2, 0.25) is 0 Å². The van der Waals surface area contributed by atoms with Crippen LogP contribution in [-0.4, -0.2) is 24.6 Å². The summed E-state index contributed by atoms with van der Waals surface area (Å²) in [4.78, 5) is 13.9. The first-order chi connectivity index (χ1) is 16.0. The minimum atomic E-state index is -0.615. The van der Waals surface area contributed by atoms with Crippen LogP contribution in [0.3, 0.4) is 0 Å². The van der Waals surface area contributed by atoms with Crippen molar-refractivity contribution >= 4 is 40.4 Å². The number of hydrogen-bond acceptors (Lipinski definition) is 4. The van der Waals surface area contributed by atoms with Gasteiger partial charge in [0.15, 0.2) is 22.4 Å². The van der Waals surface area contributed by atoms with E-state index in [1.165, 1.54) is 0 Å². The van der Waals surface area contributed by atoms with E-state index in [0.717, 1.165) is 5.56 Å². The van der Waals surface area contributed by atoms with Gasteiger partial charge in [-0.2, -0.15) is 0 Å². The van der Waals surface area contributed by atoms with Gasteiger partial charge >= 0.3 is 0 Å². The summed E-state index contributed by atoms with van der Waals surface area (Å²) in [6.07, 6.45) is 0. The van der Waals surface area contributed by atoms with Crippen LogP contribution in [0.25, 0.3) is 5.70 Å². The monoisotopic (exact) mass is 478 g/mol. The molecule has 5 nitrogen and oxygen atoms in total. The van der Waals surface area contributed by atoms with Crippen LogP contribution in [0.2, 0.25) is 5.02 Å². The van der Waals surface area contributed by atoms with Crippen LogP contribution >= 0.6 is 23.8 Å². The number of carbonyl (C=O) groups is 1. The highest BCUT2D eigenvalue weighted by Crippen LogP contribution is 2.43. The molecular weight excluding hydrogens is 456 g/mol. The highest BCUT2D eigenvalue weighted by atomic mass is 35.5. The third-order valence-electron chi connectivity index (χ3n) is 5.28. The predicted molar refractivity (Wildman–Crippen MR) is 135 cm³/mol. The Morgan fingerprint density at radius 3 is 2.36 bits per heavy atom. The highest BCUT2D eigenvalue weighted by Gasteiger charge is 2.35. The number of benzene rings is 3. The summed E-state index contributed by atoms with van der Waals surface area (Å²) in [5.41, 5.74) is 3.22. The molecule has 1 heterocycles. The molecule has 0 radical (unpaired) electrons. The fourth-order valence-corrected chi connectivity index (χ4v) is 4.31. The molecule has 0 spiro atoms. The number of halogens is 1. The molecule has 0 unspecified atom stereocenters. The lowest BCUT2D eigenvalue weighted by Gasteiger charge is -2.33. The van der Waals surface area contributed by atoms with E-state index in [-0.39, 0.29) is 5.78 Å². The molecule has 1 aliphatic heterocycles. The van der Waals surface area contributed by atoms with E-state index in [9.17, 15) is 4.79 Å². The topological polar surface area (TPSA) is 59.6 Å². The molecule has 0 aromatic heterocycles. The van der Waals surface area contributed by atoms with Gasteiger partial charge in [0, 0.05) is 22.2 Å². The van der Waals surface area contributed by atoms with E-state index in [1.54, 1.807) is 31.4 Å². The van der Waals surface area contributed by atoms with Gasteiger partial charge < -0.3 is 20.1 Å². The summed E-state index contributed by atoms with van der Waals surface area (Å²) in [6, 6.07) is 21.6. The second kappa shape index (κ2) is 10.1. The summed E-state index contributed by atoms with van der Waals surface area (Å²) in [6.45, 7) is 2.30. The minimum absolute atomic E-state index is 0.136. The Balaban J connectivity index is 2.00. The maximum absolute atomic E-state index is 13.9. The Hall–Kier alpha value is -3.35. The molecule has 2 N–H and O–H groups in total. The Morgan fingerprint density at radius 1 is 1.06 bits per heavy atom. The Labute approximate surface area is 203 Å². The summed E-state index contributed by atoms with van der Waals surface area (Å²) in [5.74, 6) is 0.860. The molecule has 0 saturated carbocycles. The highest BCUT2D eigenvalue weighted by molar-refractivity contribution is 7.80. The average molecular weight is 479 g/mol. The number of rotatable bonds is 7. The first kappa shape index (κ1) is 22.8. The van der Waals surface area contributed by atoms with E-state index >= 15 is 0 Å². The second-order valence-corrected chi connectivity index (χ2v) is 8.19. The van der Waals surface area contributed by atoms with Gasteiger partial charge in [-0.05, 0) is 30.8 Å². The van der Waals surface area contributed by atoms with Crippen LogP contribution in [0.15, 0.2) is 78.4 Å². The van der Waals surface area contributed by atoms with Crippen LogP contribution in [0.4, 0.5) is 0 Å². The molecule has 3 aromatic rings.